The molecule has 0 saturated heterocycles. The number of carbonyl (C=O) groups excluding carboxylic acids is 1. The zero-order valence-electron chi connectivity index (χ0n) is 7.74. The monoisotopic (exact) mass is 205 g/mol. The van der Waals surface area contributed by atoms with E-state index in [0.29, 0.717) is 17.6 Å². The van der Waals surface area contributed by atoms with Crippen LogP contribution in [-0.2, 0) is 0 Å². The molecule has 0 aliphatic carbocycles. The summed E-state index contributed by atoms with van der Waals surface area (Å²) in [5.41, 5.74) is 6.10. The number of hydrogen-bond acceptors (Lipinski definition) is 3. The quantitative estimate of drug-likeness (QED) is 0.605. The van der Waals surface area contributed by atoms with Gasteiger partial charge in [0.25, 0.3) is 0 Å². The summed E-state index contributed by atoms with van der Waals surface area (Å²) in [7, 11) is 0. The predicted molar refractivity (Wildman–Crippen MR) is 53.9 cm³/mol. The van der Waals surface area contributed by atoms with Gasteiger partial charge in [0.1, 0.15) is 11.6 Å². The van der Waals surface area contributed by atoms with Crippen molar-refractivity contribution in [1.29, 1.82) is 0 Å². The van der Waals surface area contributed by atoms with Gasteiger partial charge in [0.05, 0.1) is 5.69 Å². The molecule has 0 aliphatic rings. The van der Waals surface area contributed by atoms with E-state index < -0.39 is 5.82 Å². The topological polar surface area (TPSA) is 56.2 Å². The average Bonchev–Trinajstić information content (AvgIpc) is 2.70. The number of hydrogen-bond donors (Lipinski definition) is 1. The largest absolute Gasteiger partial charge is 0.453 e. The van der Waals surface area contributed by atoms with Crippen LogP contribution in [0.3, 0.4) is 0 Å². The minimum Gasteiger partial charge on any atom is -0.453 e. The fourth-order valence-electron chi connectivity index (χ4n) is 1.27. The van der Waals surface area contributed by atoms with E-state index >= 15 is 0 Å². The third-order valence-corrected chi connectivity index (χ3v) is 2.02. The first-order chi connectivity index (χ1) is 7.20. The second-order valence-corrected chi connectivity index (χ2v) is 3.06. The Morgan fingerprint density at radius 2 is 2.07 bits per heavy atom. The summed E-state index contributed by atoms with van der Waals surface area (Å²) in [5.74, 6) is 0.248. The lowest BCUT2D eigenvalue weighted by atomic mass is 10.1. The second-order valence-electron chi connectivity index (χ2n) is 3.06. The molecule has 1 aromatic carbocycles. The van der Waals surface area contributed by atoms with E-state index in [2.05, 4.69) is 0 Å². The van der Waals surface area contributed by atoms with E-state index in [4.69, 9.17) is 10.2 Å². The lowest BCUT2D eigenvalue weighted by Crippen LogP contribution is -1.90. The van der Waals surface area contributed by atoms with Crippen LogP contribution in [0.15, 0.2) is 34.7 Å². The maximum Gasteiger partial charge on any atom is 0.185 e. The Morgan fingerprint density at radius 1 is 1.27 bits per heavy atom. The first-order valence-corrected chi connectivity index (χ1v) is 4.31. The van der Waals surface area contributed by atoms with Crippen molar-refractivity contribution < 1.29 is 13.6 Å². The number of nitrogen functional groups attached to an aromatic ring is 1. The van der Waals surface area contributed by atoms with E-state index in [0.717, 1.165) is 0 Å². The molecule has 0 amide bonds. The van der Waals surface area contributed by atoms with E-state index in [1.54, 1.807) is 18.2 Å². The average molecular weight is 205 g/mol. The molecule has 1 heterocycles. The van der Waals surface area contributed by atoms with Gasteiger partial charge in [-0.15, -0.1) is 0 Å². The Morgan fingerprint density at radius 3 is 2.67 bits per heavy atom. The zero-order chi connectivity index (χ0) is 10.8. The highest BCUT2D eigenvalue weighted by molar-refractivity contribution is 5.73. The Labute approximate surface area is 85.3 Å². The molecule has 76 valence electrons. The van der Waals surface area contributed by atoms with E-state index in [1.807, 2.05) is 0 Å². The van der Waals surface area contributed by atoms with Crippen molar-refractivity contribution in [3.63, 3.8) is 0 Å². The lowest BCUT2D eigenvalue weighted by Gasteiger charge is -1.99. The Hall–Kier alpha value is -2.10. The van der Waals surface area contributed by atoms with Gasteiger partial charge in [-0.3, -0.25) is 4.79 Å². The number of rotatable bonds is 2. The van der Waals surface area contributed by atoms with Gasteiger partial charge in [-0.2, -0.15) is 0 Å². The van der Waals surface area contributed by atoms with Crippen LogP contribution in [0.1, 0.15) is 10.6 Å². The summed E-state index contributed by atoms with van der Waals surface area (Å²) < 4.78 is 18.0. The Kier molecular flexibility index (Phi) is 2.25. The van der Waals surface area contributed by atoms with Crippen LogP contribution < -0.4 is 5.73 Å². The summed E-state index contributed by atoms with van der Waals surface area (Å²) in [6, 6.07) is 7.44. The van der Waals surface area contributed by atoms with Gasteiger partial charge in [0, 0.05) is 5.56 Å². The van der Waals surface area contributed by atoms with Crippen LogP contribution in [0.5, 0.6) is 0 Å². The van der Waals surface area contributed by atoms with Crippen molar-refractivity contribution in [2.24, 2.45) is 0 Å². The number of halogens is 1. The summed E-state index contributed by atoms with van der Waals surface area (Å²) in [5, 5.41) is 0. The molecule has 0 atom stereocenters. The fraction of sp³-hybridized carbons (Fsp3) is 0. The van der Waals surface area contributed by atoms with Crippen molar-refractivity contribution in [2.75, 3.05) is 5.73 Å². The van der Waals surface area contributed by atoms with E-state index in [9.17, 15) is 9.18 Å². The third kappa shape index (κ3) is 1.74. The fourth-order valence-corrected chi connectivity index (χ4v) is 1.27. The third-order valence-electron chi connectivity index (χ3n) is 2.02. The SMILES string of the molecule is Nc1cc(-c2ccc(C=O)o2)ccc1F. The number of carbonyl (C=O) groups is 1. The second kappa shape index (κ2) is 3.57. The maximum absolute atomic E-state index is 12.9. The van der Waals surface area contributed by atoms with E-state index in [1.165, 1.54) is 12.1 Å². The number of aldehydes is 1. The minimum absolute atomic E-state index is 0.0524. The normalized spacial score (nSPS) is 10.2. The van der Waals surface area contributed by atoms with Gasteiger partial charge in [-0.25, -0.2) is 4.39 Å². The highest BCUT2D eigenvalue weighted by Gasteiger charge is 2.06. The van der Waals surface area contributed by atoms with Gasteiger partial charge in [-0.05, 0) is 30.3 Å². The molecule has 4 heteroatoms. The predicted octanol–water partition coefficient (Wildman–Crippen LogP) is 2.48. The summed E-state index contributed by atoms with van der Waals surface area (Å²) in [4.78, 5) is 10.4. The van der Waals surface area contributed by atoms with Crippen LogP contribution in [0.4, 0.5) is 10.1 Å². The number of furan rings is 1. The molecule has 0 radical (unpaired) electrons. The molecule has 0 fully saturated rings. The summed E-state index contributed by atoms with van der Waals surface area (Å²) in [6.07, 6.45) is 0.608. The molecule has 2 rings (SSSR count). The molecule has 0 aliphatic heterocycles. The Balaban J connectivity index is 2.44. The molecule has 0 spiro atoms. The standard InChI is InChI=1S/C11H8FNO2/c12-9-3-1-7(5-10(9)13)11-4-2-8(6-14)15-11/h1-6H,13H2. The smallest absolute Gasteiger partial charge is 0.185 e. The number of benzene rings is 1. The highest BCUT2D eigenvalue weighted by Crippen LogP contribution is 2.24. The van der Waals surface area contributed by atoms with Gasteiger partial charge >= 0.3 is 0 Å². The maximum atomic E-state index is 12.9. The van der Waals surface area contributed by atoms with Crippen molar-refractivity contribution in [1.82, 2.24) is 0 Å². The molecule has 0 bridgehead atoms. The van der Waals surface area contributed by atoms with Gasteiger partial charge < -0.3 is 10.2 Å². The summed E-state index contributed by atoms with van der Waals surface area (Å²) in [6.45, 7) is 0. The molecule has 0 saturated carbocycles. The number of anilines is 1. The van der Waals surface area contributed by atoms with Gasteiger partial charge in [-0.1, -0.05) is 0 Å². The molecular formula is C11H8FNO2. The van der Waals surface area contributed by atoms with Crippen molar-refractivity contribution in [3.8, 4) is 11.3 Å². The molecule has 2 aromatic rings. The van der Waals surface area contributed by atoms with E-state index in [-0.39, 0.29) is 11.4 Å². The minimum atomic E-state index is -0.471. The van der Waals surface area contributed by atoms with Crippen molar-refractivity contribution >= 4 is 12.0 Å². The van der Waals surface area contributed by atoms with Crippen molar-refractivity contribution in [3.05, 3.63) is 41.9 Å². The lowest BCUT2D eigenvalue weighted by molar-refractivity contribution is 0.110. The van der Waals surface area contributed by atoms with Crippen LogP contribution in [-0.4, -0.2) is 6.29 Å². The van der Waals surface area contributed by atoms with Crippen LogP contribution in [0, 0.1) is 5.82 Å². The molecule has 15 heavy (non-hydrogen) atoms. The first kappa shape index (κ1) is 9.45. The number of nitrogens with two attached hydrogens (primary N) is 1. The van der Waals surface area contributed by atoms with Gasteiger partial charge in [0.2, 0.25) is 0 Å². The molecule has 0 unspecified atom stereocenters. The molecule has 3 nitrogen and oxygen atoms in total. The molecular weight excluding hydrogens is 197 g/mol. The van der Waals surface area contributed by atoms with Crippen LogP contribution in [0.25, 0.3) is 11.3 Å². The Bertz CT molecular complexity index is 505. The zero-order valence-corrected chi connectivity index (χ0v) is 7.74. The van der Waals surface area contributed by atoms with Crippen LogP contribution in [0.2, 0.25) is 0 Å². The van der Waals surface area contributed by atoms with Crippen molar-refractivity contribution in [2.45, 2.75) is 0 Å². The first-order valence-electron chi connectivity index (χ1n) is 4.31. The van der Waals surface area contributed by atoms with Gasteiger partial charge in [0.15, 0.2) is 12.0 Å². The molecule has 1 aromatic heterocycles. The van der Waals surface area contributed by atoms with Crippen LogP contribution >= 0.6 is 0 Å². The summed E-state index contributed by atoms with van der Waals surface area (Å²) >= 11 is 0. The molecule has 2 N–H and O–H groups in total. The highest BCUT2D eigenvalue weighted by atomic mass is 19.1.